The van der Waals surface area contributed by atoms with E-state index in [1.165, 1.54) is 11.8 Å². The van der Waals surface area contributed by atoms with Gasteiger partial charge in [-0.15, -0.1) is 0 Å². The lowest BCUT2D eigenvalue weighted by Gasteiger charge is -2.32. The molecule has 1 aliphatic heterocycles. The first-order chi connectivity index (χ1) is 15.2. The highest BCUT2D eigenvalue weighted by molar-refractivity contribution is 7.90. The number of hydrogen-bond acceptors (Lipinski definition) is 7. The highest BCUT2D eigenvalue weighted by atomic mass is 32.2. The predicted octanol–water partition coefficient (Wildman–Crippen LogP) is 3.37. The molecule has 4 rings (SSSR count). The number of anilines is 1. The number of piperidine rings is 1. The summed E-state index contributed by atoms with van der Waals surface area (Å²) < 4.78 is 23.8. The van der Waals surface area contributed by atoms with Gasteiger partial charge in [-0.25, -0.2) is 18.4 Å². The second kappa shape index (κ2) is 9.15. The van der Waals surface area contributed by atoms with Crippen LogP contribution in [0.3, 0.4) is 0 Å². The van der Waals surface area contributed by atoms with Gasteiger partial charge >= 0.3 is 0 Å². The van der Waals surface area contributed by atoms with Crippen molar-refractivity contribution in [3.05, 3.63) is 46.3 Å². The average Bonchev–Trinajstić information content (AvgIpc) is 3.25. The van der Waals surface area contributed by atoms with Crippen LogP contribution in [-0.2, 0) is 21.1 Å². The maximum absolute atomic E-state index is 12.7. The number of nitrogens with zero attached hydrogens (tertiary/aromatic N) is 3. The minimum absolute atomic E-state index is 0.0189. The lowest BCUT2D eigenvalue weighted by atomic mass is 9.95. The number of nitrogens with one attached hydrogen (secondary N) is 1. The first-order valence-electron chi connectivity index (χ1n) is 10.8. The second-order valence-corrected chi connectivity index (χ2v) is 11.4. The number of rotatable bonds is 6. The second-order valence-electron chi connectivity index (χ2n) is 8.57. The Balaban J connectivity index is 1.41. The van der Waals surface area contributed by atoms with Crippen molar-refractivity contribution in [2.45, 2.75) is 44.0 Å². The van der Waals surface area contributed by atoms with E-state index in [-0.39, 0.29) is 22.8 Å². The van der Waals surface area contributed by atoms with Gasteiger partial charge in [0.25, 0.3) is 0 Å². The summed E-state index contributed by atoms with van der Waals surface area (Å²) in [5, 5.41) is 8.17. The summed E-state index contributed by atoms with van der Waals surface area (Å²) in [6.45, 7) is 5.32. The van der Waals surface area contributed by atoms with Gasteiger partial charge in [0.15, 0.2) is 9.84 Å². The molecule has 1 unspecified atom stereocenters. The summed E-state index contributed by atoms with van der Waals surface area (Å²) in [6, 6.07) is 7.16. The van der Waals surface area contributed by atoms with E-state index in [0.29, 0.717) is 24.6 Å². The number of fused-ring (bicyclic) bond motifs is 1. The summed E-state index contributed by atoms with van der Waals surface area (Å²) in [4.78, 5) is 24.3. The fraction of sp³-hybridized carbons (Fsp3) is 0.435. The van der Waals surface area contributed by atoms with Gasteiger partial charge in [0.2, 0.25) is 11.9 Å². The molecule has 1 N–H and O–H groups in total. The molecule has 32 heavy (non-hydrogen) atoms. The zero-order chi connectivity index (χ0) is 22.9. The van der Waals surface area contributed by atoms with Crippen LogP contribution in [0.25, 0.3) is 10.9 Å². The normalized spacial score (nSPS) is 16.3. The summed E-state index contributed by atoms with van der Waals surface area (Å²) in [7, 11) is -3.31. The molecule has 7 nitrogen and oxygen atoms in total. The Labute approximate surface area is 192 Å². The van der Waals surface area contributed by atoms with Gasteiger partial charge in [0.1, 0.15) is 0 Å². The highest BCUT2D eigenvalue weighted by Crippen LogP contribution is 2.26. The summed E-state index contributed by atoms with van der Waals surface area (Å²) >= 11 is 1.67. The van der Waals surface area contributed by atoms with Gasteiger partial charge in [-0.2, -0.15) is 11.3 Å². The van der Waals surface area contributed by atoms with E-state index in [1.807, 2.05) is 13.8 Å². The summed E-state index contributed by atoms with van der Waals surface area (Å²) in [5.74, 6) is 0.681. The van der Waals surface area contributed by atoms with Crippen LogP contribution in [0.4, 0.5) is 5.95 Å². The van der Waals surface area contributed by atoms with Gasteiger partial charge < -0.3 is 10.2 Å². The lowest BCUT2D eigenvalue weighted by Crippen LogP contribution is -2.44. The minimum Gasteiger partial charge on any atom is -0.353 e. The van der Waals surface area contributed by atoms with Gasteiger partial charge in [0, 0.05) is 36.7 Å². The first kappa shape index (κ1) is 22.7. The molecule has 0 spiro atoms. The van der Waals surface area contributed by atoms with Crippen LogP contribution in [0.15, 0.2) is 39.9 Å². The summed E-state index contributed by atoms with van der Waals surface area (Å²) in [5.41, 5.74) is 2.69. The molecular weight excluding hydrogens is 444 g/mol. The monoisotopic (exact) mass is 472 g/mol. The summed E-state index contributed by atoms with van der Waals surface area (Å²) in [6.07, 6.45) is 3.51. The Morgan fingerprint density at radius 1 is 1.25 bits per heavy atom. The highest BCUT2D eigenvalue weighted by Gasteiger charge is 2.27. The van der Waals surface area contributed by atoms with Crippen molar-refractivity contribution < 1.29 is 13.2 Å². The molecule has 1 aromatic carbocycles. The number of amides is 1. The van der Waals surface area contributed by atoms with Crippen LogP contribution < -0.4 is 10.2 Å². The number of aromatic nitrogens is 2. The average molecular weight is 473 g/mol. The van der Waals surface area contributed by atoms with Crippen LogP contribution in [-0.4, -0.2) is 49.7 Å². The molecule has 0 bridgehead atoms. The van der Waals surface area contributed by atoms with Crippen LogP contribution in [0.5, 0.6) is 0 Å². The Kier molecular flexibility index (Phi) is 6.48. The van der Waals surface area contributed by atoms with Gasteiger partial charge in [-0.05, 0) is 73.7 Å². The van der Waals surface area contributed by atoms with Crippen LogP contribution in [0, 0.1) is 12.8 Å². The molecule has 1 atom stereocenters. The predicted molar refractivity (Wildman–Crippen MR) is 128 cm³/mol. The van der Waals surface area contributed by atoms with Crippen molar-refractivity contribution in [3.63, 3.8) is 0 Å². The quantitative estimate of drug-likeness (QED) is 0.591. The van der Waals surface area contributed by atoms with Crippen LogP contribution in [0.2, 0.25) is 0 Å². The van der Waals surface area contributed by atoms with Gasteiger partial charge in [0.05, 0.1) is 16.1 Å². The van der Waals surface area contributed by atoms with Gasteiger partial charge in [-0.1, -0.05) is 0 Å². The van der Waals surface area contributed by atoms with Crippen molar-refractivity contribution in [2.75, 3.05) is 24.2 Å². The third-order valence-corrected chi connectivity index (χ3v) is 7.78. The fourth-order valence-corrected chi connectivity index (χ4v) is 5.46. The molecule has 1 amide bonds. The molecule has 3 heterocycles. The molecular formula is C23H28N4O3S2. The van der Waals surface area contributed by atoms with Crippen molar-refractivity contribution in [3.8, 4) is 0 Å². The maximum atomic E-state index is 12.7. The molecule has 0 radical (unpaired) electrons. The topological polar surface area (TPSA) is 92.3 Å². The zero-order valence-corrected chi connectivity index (χ0v) is 20.2. The lowest BCUT2D eigenvalue weighted by molar-refractivity contribution is -0.126. The molecule has 1 aliphatic rings. The van der Waals surface area contributed by atoms with E-state index < -0.39 is 9.84 Å². The number of carbonyl (C=O) groups excluding carboxylic acids is 1. The molecule has 0 saturated carbocycles. The Bertz CT molecular complexity index is 1220. The van der Waals surface area contributed by atoms with E-state index >= 15 is 0 Å². The molecule has 2 aromatic heterocycles. The molecule has 3 aromatic rings. The molecule has 0 aliphatic carbocycles. The minimum atomic E-state index is -3.31. The third kappa shape index (κ3) is 5.10. The fourth-order valence-electron chi connectivity index (χ4n) is 4.14. The Hall–Kier alpha value is -2.52. The molecule has 9 heteroatoms. The number of thiophene rings is 1. The molecule has 1 fully saturated rings. The SMILES string of the molecule is Cc1nc(N2CCC(C(=O)NC(C)Cc3ccsc3)CC2)nc2cc(S(C)(=O)=O)ccc12. The molecule has 170 valence electrons. The largest absolute Gasteiger partial charge is 0.353 e. The number of sulfone groups is 1. The standard InChI is InChI=1S/C23H28N4O3S2/c1-15(12-17-8-11-31-14-17)24-22(28)18-6-9-27(10-7-18)23-25-16(2)20-5-4-19(32(3,29)30)13-21(20)26-23/h4-5,8,11,13-15,18H,6-7,9-10,12H2,1-3H3,(H,24,28). The first-order valence-corrected chi connectivity index (χ1v) is 13.6. The molecule has 1 saturated heterocycles. The Morgan fingerprint density at radius 3 is 2.66 bits per heavy atom. The zero-order valence-electron chi connectivity index (χ0n) is 18.5. The number of benzene rings is 1. The Morgan fingerprint density at radius 2 is 2.00 bits per heavy atom. The van der Waals surface area contributed by atoms with E-state index in [0.717, 1.165) is 30.3 Å². The number of aryl methyl sites for hydroxylation is 1. The smallest absolute Gasteiger partial charge is 0.226 e. The van der Waals surface area contributed by atoms with Gasteiger partial charge in [-0.3, -0.25) is 4.79 Å². The van der Waals surface area contributed by atoms with E-state index in [2.05, 4.69) is 37.0 Å². The van der Waals surface area contributed by atoms with Crippen molar-refractivity contribution in [1.82, 2.24) is 15.3 Å². The van der Waals surface area contributed by atoms with Crippen LogP contribution >= 0.6 is 11.3 Å². The van der Waals surface area contributed by atoms with Crippen molar-refractivity contribution in [1.29, 1.82) is 0 Å². The van der Waals surface area contributed by atoms with Crippen molar-refractivity contribution >= 4 is 43.9 Å². The number of carbonyl (C=O) groups is 1. The van der Waals surface area contributed by atoms with Crippen molar-refractivity contribution in [2.24, 2.45) is 5.92 Å². The van der Waals surface area contributed by atoms with E-state index in [4.69, 9.17) is 0 Å². The number of hydrogen-bond donors (Lipinski definition) is 1. The third-order valence-electron chi connectivity index (χ3n) is 5.93. The maximum Gasteiger partial charge on any atom is 0.226 e. The van der Waals surface area contributed by atoms with Crippen LogP contribution in [0.1, 0.15) is 31.0 Å². The van der Waals surface area contributed by atoms with E-state index in [9.17, 15) is 13.2 Å². The van der Waals surface area contributed by atoms with E-state index in [1.54, 1.807) is 29.5 Å².